The summed E-state index contributed by atoms with van der Waals surface area (Å²) in [5.74, 6) is -5.01. The highest BCUT2D eigenvalue weighted by Gasteiger charge is 2.32. The fourth-order valence-corrected chi connectivity index (χ4v) is 3.65. The van der Waals surface area contributed by atoms with Gasteiger partial charge in [0, 0.05) is 6.42 Å². The van der Waals surface area contributed by atoms with Gasteiger partial charge in [0.25, 0.3) is 5.91 Å². The van der Waals surface area contributed by atoms with E-state index < -0.39 is 72.5 Å². The van der Waals surface area contributed by atoms with Gasteiger partial charge >= 0.3 is 18.0 Å². The van der Waals surface area contributed by atoms with Crippen LogP contribution in [0, 0.1) is 0 Å². The van der Waals surface area contributed by atoms with Crippen molar-refractivity contribution in [3.05, 3.63) is 35.9 Å². The van der Waals surface area contributed by atoms with E-state index in [4.69, 9.17) is 9.84 Å². The number of rotatable bonds is 16. The Hall–Kier alpha value is -3.85. The van der Waals surface area contributed by atoms with Crippen molar-refractivity contribution in [3.8, 4) is 0 Å². The summed E-state index contributed by atoms with van der Waals surface area (Å²) in [7, 11) is 0. The van der Waals surface area contributed by atoms with Crippen LogP contribution in [0.5, 0.6) is 0 Å². The summed E-state index contributed by atoms with van der Waals surface area (Å²) in [5.41, 5.74) is 1.73. The Kier molecular flexibility index (Phi) is 14.5. The minimum Gasteiger partial charge on any atom is -0.481 e. The molecule has 0 saturated heterocycles. The number of thioether (sulfide) groups is 1. The summed E-state index contributed by atoms with van der Waals surface area (Å²) >= 11 is 1.41. The number of carbonyl (C=O) groups excluding carboxylic acids is 4. The van der Waals surface area contributed by atoms with Crippen LogP contribution in [0.15, 0.2) is 30.3 Å². The monoisotopic (exact) mass is 584 g/mol. The van der Waals surface area contributed by atoms with E-state index >= 15 is 0 Å². The van der Waals surface area contributed by atoms with Crippen LogP contribution in [0.2, 0.25) is 0 Å². The molecule has 0 aliphatic rings. The molecule has 0 aliphatic heterocycles. The predicted molar refractivity (Wildman–Crippen MR) is 144 cm³/mol. The zero-order valence-electron chi connectivity index (χ0n) is 22.7. The number of hydrogen-bond acceptors (Lipinski definition) is 9. The molecule has 1 rings (SSSR count). The topological polar surface area (TPSA) is 209 Å². The van der Waals surface area contributed by atoms with Gasteiger partial charge in [-0.1, -0.05) is 30.3 Å². The molecule has 0 heterocycles. The first-order valence-electron chi connectivity index (χ1n) is 12.2. The molecule has 0 spiro atoms. The van der Waals surface area contributed by atoms with Crippen molar-refractivity contribution in [2.45, 2.75) is 63.8 Å². The number of ether oxygens (including phenoxy) is 1. The SMILES string of the molecule is CSCC[C@H](NC(=O)OC(C)(C)C)C(=O)N[C@@H](CC(=O)O)C(=O)N[C@@H](Cc1ccccc1)C(=O)NOCC(=O)O. The molecule has 14 nitrogen and oxygen atoms in total. The van der Waals surface area contributed by atoms with Crippen molar-refractivity contribution in [1.82, 2.24) is 21.4 Å². The molecule has 4 amide bonds. The summed E-state index contributed by atoms with van der Waals surface area (Å²) in [4.78, 5) is 77.9. The molecule has 40 heavy (non-hydrogen) atoms. The second kappa shape index (κ2) is 17.0. The molecular formula is C25H36N4O10S. The number of carboxylic acid groups (broad SMARTS) is 2. The first-order chi connectivity index (χ1) is 18.7. The Bertz CT molecular complexity index is 1030. The molecule has 0 aromatic heterocycles. The third-order valence-electron chi connectivity index (χ3n) is 4.91. The Morgan fingerprint density at radius 2 is 1.45 bits per heavy atom. The van der Waals surface area contributed by atoms with Crippen LogP contribution in [0.25, 0.3) is 0 Å². The summed E-state index contributed by atoms with van der Waals surface area (Å²) in [6, 6.07) is 4.43. The number of aliphatic carboxylic acids is 2. The zero-order chi connectivity index (χ0) is 30.3. The lowest BCUT2D eigenvalue weighted by Crippen LogP contribution is -2.57. The lowest BCUT2D eigenvalue weighted by molar-refractivity contribution is -0.150. The molecule has 0 radical (unpaired) electrons. The predicted octanol–water partition coefficient (Wildman–Crippen LogP) is 0.452. The fourth-order valence-electron chi connectivity index (χ4n) is 3.18. The van der Waals surface area contributed by atoms with Crippen molar-refractivity contribution < 1.29 is 48.6 Å². The van der Waals surface area contributed by atoms with Gasteiger partial charge in [0.15, 0.2) is 6.61 Å². The summed E-state index contributed by atoms with van der Waals surface area (Å²) in [6.45, 7) is 4.10. The molecule has 0 fully saturated rings. The summed E-state index contributed by atoms with van der Waals surface area (Å²) in [6.07, 6.45) is 0.205. The maximum absolute atomic E-state index is 13.1. The lowest BCUT2D eigenvalue weighted by Gasteiger charge is -2.26. The normalized spacial score (nSPS) is 13.2. The molecule has 222 valence electrons. The average molecular weight is 585 g/mol. The number of nitrogens with one attached hydrogen (secondary N) is 4. The van der Waals surface area contributed by atoms with Gasteiger partial charge in [-0.25, -0.2) is 15.1 Å². The standard InChI is InChI=1S/C25H36N4O10S/c1-25(2,3)39-24(37)28-16(10-11-40-4)21(34)27-18(13-19(30)31)22(35)26-17(12-15-8-6-5-7-9-15)23(36)29-38-14-20(32)33/h5-9,16-18H,10-14H2,1-4H3,(H,26,35)(H,27,34)(H,28,37)(H,29,36)(H,30,31)(H,32,33)/t16-,17-,18-/m0/s1. The fraction of sp³-hybridized carbons (Fsp3) is 0.520. The van der Waals surface area contributed by atoms with Crippen LogP contribution in [-0.4, -0.2) is 88.3 Å². The molecule has 3 atom stereocenters. The lowest BCUT2D eigenvalue weighted by atomic mass is 10.0. The van der Waals surface area contributed by atoms with E-state index in [-0.39, 0.29) is 12.8 Å². The second-order valence-electron chi connectivity index (χ2n) is 9.54. The maximum Gasteiger partial charge on any atom is 0.408 e. The van der Waals surface area contributed by atoms with E-state index in [1.165, 1.54) is 11.8 Å². The summed E-state index contributed by atoms with van der Waals surface area (Å²) < 4.78 is 5.19. The van der Waals surface area contributed by atoms with Gasteiger partial charge in [-0.2, -0.15) is 11.8 Å². The number of carboxylic acids is 2. The van der Waals surface area contributed by atoms with Crippen LogP contribution in [-0.2, 0) is 40.0 Å². The molecule has 0 aliphatic carbocycles. The van der Waals surface area contributed by atoms with Crippen molar-refractivity contribution in [2.24, 2.45) is 0 Å². The highest BCUT2D eigenvalue weighted by molar-refractivity contribution is 7.98. The first kappa shape index (κ1) is 34.2. The van der Waals surface area contributed by atoms with Crippen molar-refractivity contribution in [2.75, 3.05) is 18.6 Å². The largest absolute Gasteiger partial charge is 0.481 e. The zero-order valence-corrected chi connectivity index (χ0v) is 23.5. The third kappa shape index (κ3) is 14.3. The number of alkyl carbamates (subject to hydrolysis) is 1. The van der Waals surface area contributed by atoms with E-state index in [1.807, 2.05) is 5.48 Å². The minimum absolute atomic E-state index is 0.0564. The molecule has 1 aromatic rings. The Labute approximate surface area is 235 Å². The molecule has 15 heteroatoms. The van der Waals surface area contributed by atoms with Crippen LogP contribution < -0.4 is 21.4 Å². The number of amides is 4. The van der Waals surface area contributed by atoms with Gasteiger partial charge in [0.1, 0.15) is 23.7 Å². The van der Waals surface area contributed by atoms with Crippen LogP contribution in [0.1, 0.15) is 39.2 Å². The molecule has 0 unspecified atom stereocenters. The number of hydrogen-bond donors (Lipinski definition) is 6. The Morgan fingerprint density at radius 1 is 0.850 bits per heavy atom. The van der Waals surface area contributed by atoms with Crippen molar-refractivity contribution in [1.29, 1.82) is 0 Å². The molecular weight excluding hydrogens is 548 g/mol. The first-order valence-corrected chi connectivity index (χ1v) is 13.6. The third-order valence-corrected chi connectivity index (χ3v) is 5.56. The van der Waals surface area contributed by atoms with Crippen LogP contribution in [0.4, 0.5) is 4.79 Å². The highest BCUT2D eigenvalue weighted by atomic mass is 32.2. The smallest absolute Gasteiger partial charge is 0.408 e. The second-order valence-corrected chi connectivity index (χ2v) is 10.5. The van der Waals surface area contributed by atoms with E-state index in [1.54, 1.807) is 57.4 Å². The molecule has 6 N–H and O–H groups in total. The van der Waals surface area contributed by atoms with Crippen molar-refractivity contribution in [3.63, 3.8) is 0 Å². The Morgan fingerprint density at radius 3 is 2.00 bits per heavy atom. The van der Waals surface area contributed by atoms with Gasteiger partial charge in [-0.15, -0.1) is 0 Å². The Balaban J connectivity index is 3.09. The molecule has 0 bridgehead atoms. The van der Waals surface area contributed by atoms with E-state index in [0.29, 0.717) is 11.3 Å². The van der Waals surface area contributed by atoms with Gasteiger partial charge in [0.2, 0.25) is 11.8 Å². The van der Waals surface area contributed by atoms with Gasteiger partial charge in [0.05, 0.1) is 6.42 Å². The van der Waals surface area contributed by atoms with Gasteiger partial charge in [-0.05, 0) is 44.8 Å². The summed E-state index contributed by atoms with van der Waals surface area (Å²) in [5, 5.41) is 25.3. The minimum atomic E-state index is -1.62. The van der Waals surface area contributed by atoms with E-state index in [9.17, 15) is 33.9 Å². The van der Waals surface area contributed by atoms with Crippen LogP contribution in [0.3, 0.4) is 0 Å². The molecule has 0 saturated carbocycles. The quantitative estimate of drug-likeness (QED) is 0.147. The number of carbonyl (C=O) groups is 6. The van der Waals surface area contributed by atoms with Gasteiger partial charge < -0.3 is 30.9 Å². The number of hydroxylamine groups is 1. The van der Waals surface area contributed by atoms with E-state index in [2.05, 4.69) is 20.8 Å². The van der Waals surface area contributed by atoms with Crippen LogP contribution >= 0.6 is 11.8 Å². The van der Waals surface area contributed by atoms with E-state index in [0.717, 1.165) is 0 Å². The van der Waals surface area contributed by atoms with Crippen molar-refractivity contribution >= 4 is 47.5 Å². The maximum atomic E-state index is 13.1. The highest BCUT2D eigenvalue weighted by Crippen LogP contribution is 2.09. The number of benzene rings is 1. The van der Waals surface area contributed by atoms with Gasteiger partial charge in [-0.3, -0.25) is 24.0 Å². The molecule has 1 aromatic carbocycles. The average Bonchev–Trinajstić information content (AvgIpc) is 2.84.